The van der Waals surface area contributed by atoms with E-state index < -0.39 is 0 Å². The van der Waals surface area contributed by atoms with Gasteiger partial charge in [-0.3, -0.25) is 4.79 Å². The van der Waals surface area contributed by atoms with Gasteiger partial charge in [0.1, 0.15) is 0 Å². The predicted octanol–water partition coefficient (Wildman–Crippen LogP) is 3.34. The number of ether oxygens (including phenoxy) is 1. The van der Waals surface area contributed by atoms with Crippen molar-refractivity contribution >= 4 is 33.2 Å². The van der Waals surface area contributed by atoms with Crippen LogP contribution < -0.4 is 10.6 Å². The normalized spacial score (nSPS) is 13.0. The third kappa shape index (κ3) is 2.66. The molecule has 1 aliphatic rings. The Balaban J connectivity index is 1.90. The summed E-state index contributed by atoms with van der Waals surface area (Å²) in [6.07, 6.45) is 0. The Labute approximate surface area is 131 Å². The van der Waals surface area contributed by atoms with E-state index in [0.29, 0.717) is 30.2 Å². The first-order valence-corrected chi connectivity index (χ1v) is 7.38. The Morgan fingerprint density at radius 3 is 2.71 bits per heavy atom. The SMILES string of the molecule is CN(C(=O)c1ccc2c(c1)COC2)c1ccc(Br)cc1N. The molecule has 0 saturated heterocycles. The van der Waals surface area contributed by atoms with Crippen LogP contribution in [0.3, 0.4) is 0 Å². The number of fused-ring (bicyclic) bond motifs is 1. The Morgan fingerprint density at radius 1 is 1.19 bits per heavy atom. The molecule has 0 atom stereocenters. The van der Waals surface area contributed by atoms with Crippen molar-refractivity contribution < 1.29 is 9.53 Å². The molecule has 3 rings (SSSR count). The van der Waals surface area contributed by atoms with Crippen LogP contribution in [0.1, 0.15) is 21.5 Å². The standard InChI is InChI=1S/C16H15BrN2O2/c1-19(15-5-4-13(17)7-14(15)18)16(20)10-2-3-11-8-21-9-12(11)6-10/h2-7H,8-9,18H2,1H3. The highest BCUT2D eigenvalue weighted by atomic mass is 79.9. The third-order valence-electron chi connectivity index (χ3n) is 3.62. The minimum absolute atomic E-state index is 0.0845. The quantitative estimate of drug-likeness (QED) is 0.848. The van der Waals surface area contributed by atoms with Crippen molar-refractivity contribution in [2.24, 2.45) is 0 Å². The highest BCUT2D eigenvalue weighted by Gasteiger charge is 2.19. The van der Waals surface area contributed by atoms with Crippen molar-refractivity contribution in [3.8, 4) is 0 Å². The minimum atomic E-state index is -0.0845. The van der Waals surface area contributed by atoms with Gasteiger partial charge in [-0.2, -0.15) is 0 Å². The zero-order valence-electron chi connectivity index (χ0n) is 11.6. The van der Waals surface area contributed by atoms with Crippen molar-refractivity contribution in [1.29, 1.82) is 0 Å². The third-order valence-corrected chi connectivity index (χ3v) is 4.12. The van der Waals surface area contributed by atoms with E-state index in [2.05, 4.69) is 15.9 Å². The summed E-state index contributed by atoms with van der Waals surface area (Å²) in [5, 5.41) is 0. The number of nitrogen functional groups attached to an aromatic ring is 1. The second-order valence-electron chi connectivity index (χ2n) is 5.04. The summed E-state index contributed by atoms with van der Waals surface area (Å²) in [5.41, 5.74) is 10.1. The molecule has 4 nitrogen and oxygen atoms in total. The molecule has 0 unspecified atom stereocenters. The van der Waals surface area contributed by atoms with Crippen molar-refractivity contribution in [2.45, 2.75) is 13.2 Å². The van der Waals surface area contributed by atoms with Gasteiger partial charge < -0.3 is 15.4 Å². The lowest BCUT2D eigenvalue weighted by Gasteiger charge is -2.19. The molecule has 1 amide bonds. The number of hydrogen-bond acceptors (Lipinski definition) is 3. The maximum Gasteiger partial charge on any atom is 0.258 e. The molecule has 108 valence electrons. The molecule has 2 aromatic rings. The van der Waals surface area contributed by atoms with Gasteiger partial charge in [-0.15, -0.1) is 0 Å². The number of hydrogen-bond donors (Lipinski definition) is 1. The van der Waals surface area contributed by atoms with Crippen LogP contribution in [0.2, 0.25) is 0 Å². The molecule has 1 heterocycles. The topological polar surface area (TPSA) is 55.6 Å². The Morgan fingerprint density at radius 2 is 1.95 bits per heavy atom. The average Bonchev–Trinajstić information content (AvgIpc) is 2.93. The number of amides is 1. The van der Waals surface area contributed by atoms with Gasteiger partial charge in [0.15, 0.2) is 0 Å². The lowest BCUT2D eigenvalue weighted by atomic mass is 10.1. The number of anilines is 2. The van der Waals surface area contributed by atoms with Crippen LogP contribution >= 0.6 is 15.9 Å². The molecule has 0 spiro atoms. The lowest BCUT2D eigenvalue weighted by Crippen LogP contribution is -2.27. The number of nitrogens with two attached hydrogens (primary N) is 1. The highest BCUT2D eigenvalue weighted by molar-refractivity contribution is 9.10. The summed E-state index contributed by atoms with van der Waals surface area (Å²) in [6, 6.07) is 11.2. The predicted molar refractivity (Wildman–Crippen MR) is 86.2 cm³/mol. The fourth-order valence-electron chi connectivity index (χ4n) is 2.44. The Hall–Kier alpha value is -1.85. The highest BCUT2D eigenvalue weighted by Crippen LogP contribution is 2.28. The van der Waals surface area contributed by atoms with Crippen LogP contribution in [0.5, 0.6) is 0 Å². The van der Waals surface area contributed by atoms with Crippen LogP contribution in [-0.4, -0.2) is 13.0 Å². The first kappa shape index (κ1) is 14.1. The van der Waals surface area contributed by atoms with Gasteiger partial charge in [-0.05, 0) is 41.5 Å². The van der Waals surface area contributed by atoms with Gasteiger partial charge >= 0.3 is 0 Å². The molecule has 0 aliphatic carbocycles. The molecule has 5 heteroatoms. The summed E-state index contributed by atoms with van der Waals surface area (Å²) in [7, 11) is 1.73. The van der Waals surface area contributed by atoms with Crippen LogP contribution in [0.15, 0.2) is 40.9 Å². The number of nitrogens with zero attached hydrogens (tertiary/aromatic N) is 1. The maximum atomic E-state index is 12.6. The van der Waals surface area contributed by atoms with E-state index in [9.17, 15) is 4.79 Å². The summed E-state index contributed by atoms with van der Waals surface area (Å²) in [4.78, 5) is 14.2. The molecule has 0 fully saturated rings. The van der Waals surface area contributed by atoms with Crippen LogP contribution in [0.4, 0.5) is 11.4 Å². The van der Waals surface area contributed by atoms with Crippen LogP contribution in [0, 0.1) is 0 Å². The van der Waals surface area contributed by atoms with Crippen molar-refractivity contribution in [3.63, 3.8) is 0 Å². The monoisotopic (exact) mass is 346 g/mol. The summed E-state index contributed by atoms with van der Waals surface area (Å²) in [6.45, 7) is 1.19. The second kappa shape index (κ2) is 5.50. The molecule has 2 N–H and O–H groups in total. The summed E-state index contributed by atoms with van der Waals surface area (Å²) >= 11 is 3.36. The van der Waals surface area contributed by atoms with E-state index in [0.717, 1.165) is 15.6 Å². The van der Waals surface area contributed by atoms with Gasteiger partial charge in [-0.25, -0.2) is 0 Å². The first-order valence-electron chi connectivity index (χ1n) is 6.59. The number of halogens is 1. The van der Waals surface area contributed by atoms with E-state index in [1.54, 1.807) is 18.0 Å². The minimum Gasteiger partial charge on any atom is -0.397 e. The maximum absolute atomic E-state index is 12.6. The van der Waals surface area contributed by atoms with E-state index in [1.807, 2.05) is 30.3 Å². The smallest absolute Gasteiger partial charge is 0.258 e. The molecule has 0 aromatic heterocycles. The molecular formula is C16H15BrN2O2. The van der Waals surface area contributed by atoms with Gasteiger partial charge in [0.2, 0.25) is 0 Å². The fourth-order valence-corrected chi connectivity index (χ4v) is 2.82. The second-order valence-corrected chi connectivity index (χ2v) is 5.96. The summed E-state index contributed by atoms with van der Waals surface area (Å²) in [5.74, 6) is -0.0845. The molecule has 2 aromatic carbocycles. The van der Waals surface area contributed by atoms with E-state index >= 15 is 0 Å². The molecule has 0 bridgehead atoms. The largest absolute Gasteiger partial charge is 0.397 e. The van der Waals surface area contributed by atoms with Crippen LogP contribution in [-0.2, 0) is 18.0 Å². The first-order chi connectivity index (χ1) is 10.1. The molecule has 21 heavy (non-hydrogen) atoms. The zero-order chi connectivity index (χ0) is 15.0. The lowest BCUT2D eigenvalue weighted by molar-refractivity contribution is 0.0993. The van der Waals surface area contributed by atoms with E-state index in [-0.39, 0.29) is 5.91 Å². The van der Waals surface area contributed by atoms with Gasteiger partial charge in [0, 0.05) is 17.1 Å². The van der Waals surface area contributed by atoms with E-state index in [1.165, 1.54) is 0 Å². The van der Waals surface area contributed by atoms with Gasteiger partial charge in [0.05, 0.1) is 24.6 Å². The van der Waals surface area contributed by atoms with Gasteiger partial charge in [0.25, 0.3) is 5.91 Å². The molecule has 0 saturated carbocycles. The van der Waals surface area contributed by atoms with Crippen molar-refractivity contribution in [3.05, 3.63) is 57.6 Å². The number of carbonyl (C=O) groups excluding carboxylic acids is 1. The number of rotatable bonds is 2. The average molecular weight is 347 g/mol. The molecule has 0 radical (unpaired) electrons. The Kier molecular flexibility index (Phi) is 3.69. The van der Waals surface area contributed by atoms with E-state index in [4.69, 9.17) is 10.5 Å². The van der Waals surface area contributed by atoms with Crippen molar-refractivity contribution in [2.75, 3.05) is 17.7 Å². The number of benzene rings is 2. The zero-order valence-corrected chi connectivity index (χ0v) is 13.2. The Bertz CT molecular complexity index is 715. The molecule has 1 aliphatic heterocycles. The fraction of sp³-hybridized carbons (Fsp3) is 0.188. The molecular weight excluding hydrogens is 332 g/mol. The van der Waals surface area contributed by atoms with Gasteiger partial charge in [-0.1, -0.05) is 22.0 Å². The van der Waals surface area contributed by atoms with Crippen molar-refractivity contribution in [1.82, 2.24) is 0 Å². The number of carbonyl (C=O) groups is 1. The van der Waals surface area contributed by atoms with Crippen LogP contribution in [0.25, 0.3) is 0 Å². The summed E-state index contributed by atoms with van der Waals surface area (Å²) < 4.78 is 6.27.